The van der Waals surface area contributed by atoms with E-state index in [0.717, 1.165) is 5.01 Å². The molecule has 0 aliphatic rings. The lowest BCUT2D eigenvalue weighted by molar-refractivity contribution is 0.0939. The van der Waals surface area contributed by atoms with E-state index in [1.54, 1.807) is 26.2 Å². The van der Waals surface area contributed by atoms with Crippen molar-refractivity contribution in [2.75, 3.05) is 5.73 Å². The predicted molar refractivity (Wildman–Crippen MR) is 160 cm³/mol. The zero-order chi connectivity index (χ0) is 28.2. The maximum absolute atomic E-state index is 14.1. The number of hydrogen-bond acceptors (Lipinski definition) is 8. The van der Waals surface area contributed by atoms with Gasteiger partial charge < -0.3 is 11.1 Å². The van der Waals surface area contributed by atoms with Gasteiger partial charge >= 0.3 is 0 Å². The lowest BCUT2D eigenvalue weighted by Crippen LogP contribution is -2.33. The van der Waals surface area contributed by atoms with Crippen LogP contribution in [0.1, 0.15) is 39.7 Å². The number of nitrogen functional groups attached to an aromatic ring is 1. The van der Waals surface area contributed by atoms with Crippen LogP contribution in [0.25, 0.3) is 28.7 Å². The second-order valence-electron chi connectivity index (χ2n) is 8.81. The maximum atomic E-state index is 14.1. The van der Waals surface area contributed by atoms with E-state index in [0.29, 0.717) is 28.0 Å². The normalized spacial score (nSPS) is 12.3. The van der Waals surface area contributed by atoms with E-state index in [2.05, 4.69) is 27.0 Å². The van der Waals surface area contributed by atoms with E-state index in [4.69, 9.17) is 10.7 Å². The van der Waals surface area contributed by atoms with E-state index in [1.807, 2.05) is 60.0 Å². The van der Waals surface area contributed by atoms with Crippen LogP contribution in [-0.4, -0.2) is 36.4 Å². The Kier molecular flexibility index (Phi) is 7.47. The molecule has 5 aromatic rings. The van der Waals surface area contributed by atoms with Gasteiger partial charge in [-0.05, 0) is 36.8 Å². The topological polar surface area (TPSA) is 133 Å². The number of aryl methyl sites for hydroxylation is 1. The molecule has 0 aliphatic heterocycles. The number of hydrogen-bond donors (Lipinski definition) is 2. The summed E-state index contributed by atoms with van der Waals surface area (Å²) < 4.78 is 2.95. The summed E-state index contributed by atoms with van der Waals surface area (Å²) in [6.07, 6.45) is 8.40. The molecule has 3 aromatic heterocycles. The van der Waals surface area contributed by atoms with Gasteiger partial charge in [-0.3, -0.25) is 14.2 Å². The van der Waals surface area contributed by atoms with E-state index in [9.17, 15) is 9.59 Å². The van der Waals surface area contributed by atoms with E-state index >= 15 is 0 Å². The number of allylic oxidation sites excluding steroid dienone is 1. The Labute approximate surface area is 233 Å². The van der Waals surface area contributed by atoms with Crippen LogP contribution in [-0.2, 0) is 7.05 Å². The molecule has 0 aliphatic carbocycles. The molecule has 40 heavy (non-hydrogen) atoms. The average Bonchev–Trinajstić information content (AvgIpc) is 3.57. The van der Waals surface area contributed by atoms with Crippen molar-refractivity contribution >= 4 is 58.1 Å². The van der Waals surface area contributed by atoms with Crippen LogP contribution in [0, 0.1) is 0 Å². The van der Waals surface area contributed by atoms with Crippen molar-refractivity contribution < 1.29 is 4.79 Å². The zero-order valence-electron chi connectivity index (χ0n) is 21.9. The summed E-state index contributed by atoms with van der Waals surface area (Å²) in [6, 6.07) is 14.0. The molecule has 0 bridgehead atoms. The molecule has 0 saturated heterocycles. The molecular weight excluding hydrogens is 524 g/mol. The standard InChI is InChI=1S/C29H26N8O2S/c1-4-15-32-27-24(25(30)35-36(27)3)28(38)33-18(2)26-34-21-12-8-9-19(13-14-22-31-16-17-40-22)23(21)29(39)37(26)20-10-6-5-7-11-20/h4-18H,1H2,2-3H3,(H2,30,35)(H,33,38)/b14-13+,32-15-. The van der Waals surface area contributed by atoms with Crippen molar-refractivity contribution in [1.82, 2.24) is 29.6 Å². The van der Waals surface area contributed by atoms with E-state index < -0.39 is 11.9 Å². The smallest absolute Gasteiger partial charge is 0.266 e. The molecule has 0 radical (unpaired) electrons. The van der Waals surface area contributed by atoms with Crippen molar-refractivity contribution in [2.24, 2.45) is 12.0 Å². The van der Waals surface area contributed by atoms with Gasteiger partial charge in [-0.2, -0.15) is 5.10 Å². The Morgan fingerprint density at radius 3 is 2.70 bits per heavy atom. The van der Waals surface area contributed by atoms with Crippen LogP contribution in [0.2, 0.25) is 0 Å². The molecule has 10 nitrogen and oxygen atoms in total. The average molecular weight is 551 g/mol. The number of anilines is 1. The third kappa shape index (κ3) is 5.09. The molecule has 0 saturated carbocycles. The predicted octanol–water partition coefficient (Wildman–Crippen LogP) is 4.71. The Bertz CT molecular complexity index is 1820. The molecule has 0 spiro atoms. The molecule has 1 atom stereocenters. The molecule has 5 rings (SSSR count). The van der Waals surface area contributed by atoms with Gasteiger partial charge in [-0.1, -0.05) is 49.1 Å². The van der Waals surface area contributed by atoms with Crippen LogP contribution in [0.15, 0.2) is 82.5 Å². The summed E-state index contributed by atoms with van der Waals surface area (Å²) in [4.78, 5) is 40.9. The first-order valence-corrected chi connectivity index (χ1v) is 13.2. The molecule has 200 valence electrons. The van der Waals surface area contributed by atoms with Crippen molar-refractivity contribution in [1.29, 1.82) is 0 Å². The number of nitrogens with two attached hydrogens (primary N) is 1. The zero-order valence-corrected chi connectivity index (χ0v) is 22.7. The minimum absolute atomic E-state index is 0.0343. The number of carbonyl (C=O) groups is 1. The lowest BCUT2D eigenvalue weighted by atomic mass is 10.1. The SMILES string of the molecule is C=C/C=N\c1c(C(=O)NC(C)c2nc3cccc(/C=C/c4nccs4)c3c(=O)n2-c2ccccc2)c(N)nn1C. The number of fused-ring (bicyclic) bond motifs is 1. The number of nitrogens with one attached hydrogen (secondary N) is 1. The van der Waals surface area contributed by atoms with Crippen LogP contribution in [0.3, 0.4) is 0 Å². The quantitative estimate of drug-likeness (QED) is 0.269. The summed E-state index contributed by atoms with van der Waals surface area (Å²) in [5.41, 5.74) is 7.76. The first kappa shape index (κ1) is 26.4. The second-order valence-corrected chi connectivity index (χ2v) is 9.73. The van der Waals surface area contributed by atoms with Crippen LogP contribution < -0.4 is 16.6 Å². The Morgan fingerprint density at radius 2 is 1.98 bits per heavy atom. The molecule has 2 aromatic carbocycles. The monoisotopic (exact) mass is 550 g/mol. The van der Waals surface area contributed by atoms with E-state index in [1.165, 1.54) is 32.9 Å². The molecule has 3 N–H and O–H groups in total. The van der Waals surface area contributed by atoms with Crippen LogP contribution >= 0.6 is 11.3 Å². The summed E-state index contributed by atoms with van der Waals surface area (Å²) in [6.45, 7) is 5.38. The van der Waals surface area contributed by atoms with E-state index in [-0.39, 0.29) is 22.8 Å². The highest BCUT2D eigenvalue weighted by Crippen LogP contribution is 2.26. The van der Waals surface area contributed by atoms with Gasteiger partial charge in [0.2, 0.25) is 0 Å². The summed E-state index contributed by atoms with van der Waals surface area (Å²) in [5.74, 6) is 0.179. The molecule has 3 heterocycles. The fraction of sp³-hybridized carbons (Fsp3) is 0.103. The molecule has 1 unspecified atom stereocenters. The number of rotatable bonds is 8. The van der Waals surface area contributed by atoms with Crippen molar-refractivity contribution in [3.8, 4) is 5.69 Å². The molecule has 0 fully saturated rings. The largest absolute Gasteiger partial charge is 0.381 e. The molecule has 1 amide bonds. The summed E-state index contributed by atoms with van der Waals surface area (Å²) in [5, 5.41) is 10.2. The van der Waals surface area contributed by atoms with Gasteiger partial charge in [0.1, 0.15) is 16.4 Å². The van der Waals surface area contributed by atoms with Crippen molar-refractivity contribution in [2.45, 2.75) is 13.0 Å². The number of benzene rings is 2. The highest BCUT2D eigenvalue weighted by molar-refractivity contribution is 7.10. The fourth-order valence-electron chi connectivity index (χ4n) is 4.36. The highest BCUT2D eigenvalue weighted by atomic mass is 32.1. The Balaban J connectivity index is 1.62. The number of para-hydroxylation sites is 1. The first-order chi connectivity index (χ1) is 19.4. The van der Waals surface area contributed by atoms with Gasteiger partial charge in [0.15, 0.2) is 11.6 Å². The maximum Gasteiger partial charge on any atom is 0.266 e. The Hall–Kier alpha value is -5.16. The van der Waals surface area contributed by atoms with Gasteiger partial charge in [0.05, 0.1) is 22.6 Å². The first-order valence-electron chi connectivity index (χ1n) is 12.4. The number of aliphatic imine (C=N–C) groups is 1. The van der Waals surface area contributed by atoms with Crippen LogP contribution in [0.5, 0.6) is 0 Å². The van der Waals surface area contributed by atoms with Gasteiger partial charge in [-0.15, -0.1) is 11.3 Å². The van der Waals surface area contributed by atoms with Crippen molar-refractivity contribution in [3.63, 3.8) is 0 Å². The minimum Gasteiger partial charge on any atom is -0.381 e. The molecular formula is C29H26N8O2S. The number of aromatic nitrogens is 5. The fourth-order valence-corrected chi connectivity index (χ4v) is 4.89. The third-order valence-electron chi connectivity index (χ3n) is 6.14. The minimum atomic E-state index is -0.685. The number of carbonyl (C=O) groups excluding carboxylic acids is 1. The number of thiazole rings is 1. The number of amides is 1. The van der Waals surface area contributed by atoms with Crippen LogP contribution in [0.4, 0.5) is 11.6 Å². The third-order valence-corrected chi connectivity index (χ3v) is 6.88. The van der Waals surface area contributed by atoms with Crippen molar-refractivity contribution in [3.05, 3.63) is 105 Å². The second kappa shape index (κ2) is 11.3. The number of nitrogens with zero attached hydrogens (tertiary/aromatic N) is 6. The Morgan fingerprint density at radius 1 is 1.18 bits per heavy atom. The van der Waals surface area contributed by atoms with Gasteiger partial charge in [0.25, 0.3) is 11.5 Å². The lowest BCUT2D eigenvalue weighted by Gasteiger charge is -2.20. The highest BCUT2D eigenvalue weighted by Gasteiger charge is 2.25. The van der Waals surface area contributed by atoms with Gasteiger partial charge in [-0.25, -0.2) is 19.6 Å². The summed E-state index contributed by atoms with van der Waals surface area (Å²) >= 11 is 1.50. The molecule has 11 heteroatoms. The summed E-state index contributed by atoms with van der Waals surface area (Å²) in [7, 11) is 1.64. The van der Waals surface area contributed by atoms with Gasteiger partial charge in [0, 0.05) is 24.8 Å².